The molecule has 0 saturated carbocycles. The van der Waals surface area contributed by atoms with E-state index in [0.29, 0.717) is 12.4 Å². The van der Waals surface area contributed by atoms with Gasteiger partial charge in [0.15, 0.2) is 5.82 Å². The summed E-state index contributed by atoms with van der Waals surface area (Å²) in [5, 5.41) is 5.80. The molecule has 8 nitrogen and oxygen atoms in total. The van der Waals surface area contributed by atoms with Crippen molar-refractivity contribution in [3.05, 3.63) is 17.1 Å². The minimum atomic E-state index is -0.196. The third kappa shape index (κ3) is 3.95. The molecule has 0 aromatic carbocycles. The number of piperidine rings is 1. The zero-order valence-corrected chi connectivity index (χ0v) is 15.8. The number of carbonyl (C=O) groups excluding carboxylic acids is 2. The van der Waals surface area contributed by atoms with Crippen molar-refractivity contribution < 1.29 is 9.59 Å². The van der Waals surface area contributed by atoms with Gasteiger partial charge in [-0.2, -0.15) is 0 Å². The predicted octanol–water partition coefficient (Wildman–Crippen LogP) is 0.696. The van der Waals surface area contributed by atoms with E-state index in [1.165, 1.54) is 6.92 Å². The summed E-state index contributed by atoms with van der Waals surface area (Å²) in [4.78, 5) is 37.4. The second-order valence-corrected chi connectivity index (χ2v) is 7.10. The van der Waals surface area contributed by atoms with E-state index in [-0.39, 0.29) is 24.4 Å². The summed E-state index contributed by atoms with van der Waals surface area (Å²) in [6.45, 7) is 3.94. The second-order valence-electron chi connectivity index (χ2n) is 7.10. The monoisotopic (exact) mass is 360 g/mol. The van der Waals surface area contributed by atoms with E-state index in [0.717, 1.165) is 55.8 Å². The second kappa shape index (κ2) is 7.99. The Morgan fingerprint density at radius 2 is 2.04 bits per heavy atom. The van der Waals surface area contributed by atoms with Crippen LogP contribution in [-0.4, -0.2) is 65.3 Å². The van der Waals surface area contributed by atoms with Crippen molar-refractivity contribution in [2.45, 2.75) is 45.2 Å². The maximum Gasteiger partial charge on any atom is 0.242 e. The van der Waals surface area contributed by atoms with Gasteiger partial charge in [0.1, 0.15) is 5.82 Å². The van der Waals surface area contributed by atoms with Crippen LogP contribution in [0.15, 0.2) is 0 Å². The Morgan fingerprint density at radius 3 is 2.77 bits per heavy atom. The topological polar surface area (TPSA) is 90.5 Å². The number of amides is 2. The minimum absolute atomic E-state index is 0.0282. The fourth-order valence-electron chi connectivity index (χ4n) is 3.72. The van der Waals surface area contributed by atoms with E-state index >= 15 is 0 Å². The van der Waals surface area contributed by atoms with Crippen LogP contribution in [0.1, 0.15) is 49.3 Å². The Hall–Kier alpha value is -2.22. The van der Waals surface area contributed by atoms with Gasteiger partial charge in [0.25, 0.3) is 0 Å². The van der Waals surface area contributed by atoms with E-state index in [4.69, 9.17) is 9.97 Å². The van der Waals surface area contributed by atoms with Crippen LogP contribution in [0.25, 0.3) is 0 Å². The highest BCUT2D eigenvalue weighted by Gasteiger charge is 2.31. The quantitative estimate of drug-likeness (QED) is 0.821. The van der Waals surface area contributed by atoms with E-state index in [2.05, 4.69) is 22.6 Å². The molecule has 1 atom stereocenters. The lowest BCUT2D eigenvalue weighted by atomic mass is 10.00. The molecule has 26 heavy (non-hydrogen) atoms. The number of aromatic nitrogens is 2. The van der Waals surface area contributed by atoms with Crippen LogP contribution in [-0.2, 0) is 22.6 Å². The first-order valence-electron chi connectivity index (χ1n) is 9.29. The molecule has 0 aliphatic carbocycles. The van der Waals surface area contributed by atoms with Crippen molar-refractivity contribution >= 4 is 17.6 Å². The smallest absolute Gasteiger partial charge is 0.242 e. The lowest BCUT2D eigenvalue weighted by Crippen LogP contribution is -2.44. The highest BCUT2D eigenvalue weighted by atomic mass is 16.2. The molecule has 0 spiro atoms. The normalized spacial score (nSPS) is 20.4. The number of nitrogens with one attached hydrogen (secondary N) is 2. The van der Waals surface area contributed by atoms with E-state index in [1.807, 2.05) is 11.9 Å². The van der Waals surface area contributed by atoms with Gasteiger partial charge in [0, 0.05) is 45.6 Å². The number of nitrogens with zero attached hydrogens (tertiary/aromatic N) is 4. The van der Waals surface area contributed by atoms with Crippen molar-refractivity contribution in [1.29, 1.82) is 0 Å². The molecule has 2 amide bonds. The maximum atomic E-state index is 12.6. The summed E-state index contributed by atoms with van der Waals surface area (Å²) in [6.07, 6.45) is 3.76. The molecule has 1 saturated heterocycles. The van der Waals surface area contributed by atoms with Gasteiger partial charge in [-0.1, -0.05) is 0 Å². The first-order valence-corrected chi connectivity index (χ1v) is 9.29. The average molecular weight is 360 g/mol. The summed E-state index contributed by atoms with van der Waals surface area (Å²) >= 11 is 0. The summed E-state index contributed by atoms with van der Waals surface area (Å²) in [6, 6.07) is -0.123. The fraction of sp³-hybridized carbons (Fsp3) is 0.667. The number of hydrogen-bond acceptors (Lipinski definition) is 6. The van der Waals surface area contributed by atoms with Crippen molar-refractivity contribution in [3.63, 3.8) is 0 Å². The molecule has 0 radical (unpaired) electrons. The van der Waals surface area contributed by atoms with Gasteiger partial charge in [-0.25, -0.2) is 9.97 Å². The summed E-state index contributed by atoms with van der Waals surface area (Å²) in [7, 11) is 3.97. The molecule has 1 aromatic rings. The molecule has 1 fully saturated rings. The molecule has 0 bridgehead atoms. The number of hydrogen-bond donors (Lipinski definition) is 2. The Labute approximate surface area is 154 Å². The third-order valence-corrected chi connectivity index (χ3v) is 5.11. The number of likely N-dealkylation sites (N-methyl/N-ethyl adjacent to an activating group) is 1. The van der Waals surface area contributed by atoms with Crippen LogP contribution in [0.3, 0.4) is 0 Å². The van der Waals surface area contributed by atoms with Gasteiger partial charge in [-0.15, -0.1) is 0 Å². The Bertz CT molecular complexity index is 675. The third-order valence-electron chi connectivity index (χ3n) is 5.11. The molecule has 2 aliphatic heterocycles. The predicted molar refractivity (Wildman–Crippen MR) is 98.6 cm³/mol. The summed E-state index contributed by atoms with van der Waals surface area (Å²) < 4.78 is 0. The fourth-order valence-corrected chi connectivity index (χ4v) is 3.72. The van der Waals surface area contributed by atoms with Crippen LogP contribution >= 0.6 is 0 Å². The molecule has 2 N–H and O–H groups in total. The van der Waals surface area contributed by atoms with E-state index < -0.39 is 0 Å². The van der Waals surface area contributed by atoms with Gasteiger partial charge in [-0.3, -0.25) is 9.59 Å². The van der Waals surface area contributed by atoms with Gasteiger partial charge < -0.3 is 20.4 Å². The number of carbonyl (C=O) groups is 2. The largest absolute Gasteiger partial charge is 0.373 e. The Balaban J connectivity index is 1.87. The molecule has 142 valence electrons. The molecule has 1 aromatic heterocycles. The molecule has 0 unspecified atom stereocenters. The van der Waals surface area contributed by atoms with Gasteiger partial charge >= 0.3 is 0 Å². The number of fused-ring (bicyclic) bond motifs is 1. The lowest BCUT2D eigenvalue weighted by molar-refractivity contribution is -0.136. The molecule has 3 rings (SSSR count). The van der Waals surface area contributed by atoms with E-state index in [9.17, 15) is 9.59 Å². The lowest BCUT2D eigenvalue weighted by Gasteiger charge is -2.36. The van der Waals surface area contributed by atoms with Crippen molar-refractivity contribution in [2.24, 2.45) is 0 Å². The van der Waals surface area contributed by atoms with Gasteiger partial charge in [-0.05, 0) is 26.3 Å². The standard InChI is InChI=1S/C18H28N6O2/c1-12(25)20-10-16(26)24-8-5-4-6-15(24)18-21-14-7-9-23(3)11-13(14)17(19-2)22-18/h15H,4-11H2,1-3H3,(H,20,25)(H,19,21,22)/t15-/m1/s1. The first kappa shape index (κ1) is 18.6. The van der Waals surface area contributed by atoms with Crippen molar-refractivity contribution in [2.75, 3.05) is 39.0 Å². The number of likely N-dealkylation sites (tertiary alicyclic amines) is 1. The Morgan fingerprint density at radius 1 is 1.23 bits per heavy atom. The van der Waals surface area contributed by atoms with E-state index in [1.54, 1.807) is 0 Å². The first-order chi connectivity index (χ1) is 12.5. The van der Waals surface area contributed by atoms with Crippen molar-refractivity contribution in [3.8, 4) is 0 Å². The summed E-state index contributed by atoms with van der Waals surface area (Å²) in [5.74, 6) is 1.31. The highest BCUT2D eigenvalue weighted by Crippen LogP contribution is 2.32. The SMILES string of the molecule is CNc1nc([C@H]2CCCCN2C(=O)CNC(C)=O)nc2c1CN(C)CC2. The van der Waals surface area contributed by atoms with Crippen LogP contribution in [0.4, 0.5) is 5.82 Å². The van der Waals surface area contributed by atoms with Crippen LogP contribution in [0, 0.1) is 0 Å². The average Bonchev–Trinajstić information content (AvgIpc) is 2.65. The molecular formula is C18H28N6O2. The zero-order valence-electron chi connectivity index (χ0n) is 15.8. The zero-order chi connectivity index (χ0) is 18.7. The van der Waals surface area contributed by atoms with Crippen LogP contribution < -0.4 is 10.6 Å². The Kier molecular flexibility index (Phi) is 5.70. The molecule has 2 aliphatic rings. The molecule has 3 heterocycles. The van der Waals surface area contributed by atoms with Crippen LogP contribution in [0.2, 0.25) is 0 Å². The summed E-state index contributed by atoms with van der Waals surface area (Å²) in [5.41, 5.74) is 2.23. The number of anilines is 1. The maximum absolute atomic E-state index is 12.6. The molecule has 8 heteroatoms. The van der Waals surface area contributed by atoms with Crippen LogP contribution in [0.5, 0.6) is 0 Å². The van der Waals surface area contributed by atoms with Gasteiger partial charge in [0.05, 0.1) is 18.3 Å². The highest BCUT2D eigenvalue weighted by molar-refractivity contribution is 5.84. The number of rotatable bonds is 4. The minimum Gasteiger partial charge on any atom is -0.373 e. The van der Waals surface area contributed by atoms with Gasteiger partial charge in [0.2, 0.25) is 11.8 Å². The van der Waals surface area contributed by atoms with Crippen molar-refractivity contribution in [1.82, 2.24) is 25.1 Å². The molecular weight excluding hydrogens is 332 g/mol.